The van der Waals surface area contributed by atoms with Crippen LogP contribution in [-0.2, 0) is 0 Å². The third-order valence-electron chi connectivity index (χ3n) is 3.21. The summed E-state index contributed by atoms with van der Waals surface area (Å²) in [7, 11) is 1.64. The Hall–Kier alpha value is -2.67. The Morgan fingerprint density at radius 2 is 1.87 bits per heavy atom. The van der Waals surface area contributed by atoms with Gasteiger partial charge in [-0.15, -0.1) is 11.3 Å². The molecule has 0 saturated heterocycles. The van der Waals surface area contributed by atoms with Crippen LogP contribution in [0.4, 0.5) is 9.52 Å². The molecule has 0 aliphatic heterocycles. The summed E-state index contributed by atoms with van der Waals surface area (Å²) in [6.45, 7) is 1.81. The van der Waals surface area contributed by atoms with E-state index in [1.165, 1.54) is 40.5 Å². The normalized spacial score (nSPS) is 10.6. The molecule has 0 aliphatic rings. The first-order valence-electron chi connectivity index (χ1n) is 6.84. The predicted octanol–water partition coefficient (Wildman–Crippen LogP) is 3.32. The molecule has 23 heavy (non-hydrogen) atoms. The molecule has 0 spiro atoms. The average molecular weight is 328 g/mol. The first kappa shape index (κ1) is 15.2. The molecule has 2 heterocycles. The topological polar surface area (TPSA) is 59.0 Å². The molecule has 5 nitrogen and oxygen atoms in total. The van der Waals surface area contributed by atoms with Crippen LogP contribution >= 0.6 is 11.3 Å². The summed E-state index contributed by atoms with van der Waals surface area (Å²) in [6, 6.07) is 7.20. The number of halogens is 1. The lowest BCUT2D eigenvalue weighted by atomic mass is 10.2. The minimum Gasteiger partial charge on any atom is -0.287 e. The van der Waals surface area contributed by atoms with Gasteiger partial charge in [0.2, 0.25) is 0 Å². The summed E-state index contributed by atoms with van der Waals surface area (Å²) in [4.78, 5) is 26.7. The lowest BCUT2D eigenvalue weighted by Gasteiger charge is -2.13. The molecule has 0 radical (unpaired) electrons. The smallest absolute Gasteiger partial charge is 0.259 e. The molecule has 0 fully saturated rings. The second-order valence-corrected chi connectivity index (χ2v) is 5.71. The monoisotopic (exact) mass is 328 g/mol. The fourth-order valence-electron chi connectivity index (χ4n) is 2.01. The lowest BCUT2D eigenvalue weighted by molar-refractivity contribution is 0.0993. The van der Waals surface area contributed by atoms with Crippen LogP contribution in [0, 0.1) is 12.7 Å². The fourth-order valence-corrected chi connectivity index (χ4v) is 2.79. The molecule has 1 amide bonds. The maximum Gasteiger partial charge on any atom is 0.259 e. The largest absolute Gasteiger partial charge is 0.287 e. The number of hydrogen-bond acceptors (Lipinski definition) is 5. The Labute approximate surface area is 136 Å². The Balaban J connectivity index is 1.84. The maximum absolute atomic E-state index is 13.0. The maximum atomic E-state index is 13.0. The SMILES string of the molecule is Cc1nccc(-c2csc(N(C)C(=O)c3ccc(F)cc3)n2)n1. The second-order valence-electron chi connectivity index (χ2n) is 4.88. The number of anilines is 1. The number of amides is 1. The van der Waals surface area contributed by atoms with Crippen molar-refractivity contribution in [1.82, 2.24) is 15.0 Å². The number of aryl methyl sites for hydroxylation is 1. The standard InChI is InChI=1S/C16H13FN4OS/c1-10-18-8-7-13(19-10)14-9-23-16(20-14)21(2)15(22)11-3-5-12(17)6-4-11/h3-9H,1-2H3. The minimum absolute atomic E-state index is 0.246. The third kappa shape index (κ3) is 3.24. The van der Waals surface area contributed by atoms with Gasteiger partial charge in [-0.25, -0.2) is 19.3 Å². The lowest BCUT2D eigenvalue weighted by Crippen LogP contribution is -2.26. The van der Waals surface area contributed by atoms with Gasteiger partial charge in [-0.3, -0.25) is 9.69 Å². The molecule has 3 rings (SSSR count). The van der Waals surface area contributed by atoms with Crippen LogP contribution in [0.2, 0.25) is 0 Å². The summed E-state index contributed by atoms with van der Waals surface area (Å²) >= 11 is 1.34. The van der Waals surface area contributed by atoms with Gasteiger partial charge in [0.15, 0.2) is 5.13 Å². The number of nitrogens with zero attached hydrogens (tertiary/aromatic N) is 4. The highest BCUT2D eigenvalue weighted by molar-refractivity contribution is 7.14. The number of carbonyl (C=O) groups is 1. The quantitative estimate of drug-likeness (QED) is 0.740. The Morgan fingerprint density at radius 1 is 1.13 bits per heavy atom. The number of aromatic nitrogens is 3. The molecular weight excluding hydrogens is 315 g/mol. The molecule has 0 N–H and O–H groups in total. The van der Waals surface area contributed by atoms with E-state index in [1.807, 2.05) is 5.38 Å². The average Bonchev–Trinajstić information content (AvgIpc) is 3.04. The van der Waals surface area contributed by atoms with E-state index in [9.17, 15) is 9.18 Å². The summed E-state index contributed by atoms with van der Waals surface area (Å²) in [5, 5.41) is 2.39. The predicted molar refractivity (Wildman–Crippen MR) is 87.0 cm³/mol. The number of benzene rings is 1. The van der Waals surface area contributed by atoms with Gasteiger partial charge in [0.1, 0.15) is 17.3 Å². The van der Waals surface area contributed by atoms with E-state index in [0.717, 1.165) is 0 Å². The van der Waals surface area contributed by atoms with Gasteiger partial charge in [0.25, 0.3) is 5.91 Å². The Kier molecular flexibility index (Phi) is 4.12. The van der Waals surface area contributed by atoms with Crippen LogP contribution in [0.5, 0.6) is 0 Å². The summed E-state index contributed by atoms with van der Waals surface area (Å²) in [6.07, 6.45) is 1.67. The molecule has 0 bridgehead atoms. The van der Waals surface area contributed by atoms with Gasteiger partial charge >= 0.3 is 0 Å². The van der Waals surface area contributed by atoms with Gasteiger partial charge in [0, 0.05) is 24.2 Å². The zero-order valence-corrected chi connectivity index (χ0v) is 13.3. The minimum atomic E-state index is -0.375. The molecule has 3 aromatic rings. The van der Waals surface area contributed by atoms with Crippen LogP contribution in [0.3, 0.4) is 0 Å². The summed E-state index contributed by atoms with van der Waals surface area (Å²) in [5.41, 5.74) is 1.81. The molecule has 0 aliphatic carbocycles. The first-order valence-corrected chi connectivity index (χ1v) is 7.72. The molecule has 7 heteroatoms. The molecule has 0 unspecified atom stereocenters. The van der Waals surface area contributed by atoms with E-state index in [2.05, 4.69) is 15.0 Å². The zero-order chi connectivity index (χ0) is 16.4. The van der Waals surface area contributed by atoms with Gasteiger partial charge < -0.3 is 0 Å². The molecule has 116 valence electrons. The first-order chi connectivity index (χ1) is 11.0. The highest BCUT2D eigenvalue weighted by Crippen LogP contribution is 2.26. The van der Waals surface area contributed by atoms with Crippen molar-refractivity contribution in [3.8, 4) is 11.4 Å². The van der Waals surface area contributed by atoms with Crippen molar-refractivity contribution in [3.63, 3.8) is 0 Å². The molecular formula is C16H13FN4OS. The zero-order valence-electron chi connectivity index (χ0n) is 12.5. The summed E-state index contributed by atoms with van der Waals surface area (Å²) in [5.74, 6) is 0.0393. The van der Waals surface area contributed by atoms with Gasteiger partial charge in [-0.2, -0.15) is 0 Å². The van der Waals surface area contributed by atoms with E-state index in [0.29, 0.717) is 27.9 Å². The van der Waals surface area contributed by atoms with Crippen molar-refractivity contribution in [2.24, 2.45) is 0 Å². The number of hydrogen-bond donors (Lipinski definition) is 0. The van der Waals surface area contributed by atoms with E-state index < -0.39 is 0 Å². The number of thiazole rings is 1. The van der Waals surface area contributed by atoms with E-state index >= 15 is 0 Å². The van der Waals surface area contributed by atoms with Crippen LogP contribution in [0.15, 0.2) is 41.9 Å². The van der Waals surface area contributed by atoms with Crippen LogP contribution in [-0.4, -0.2) is 27.9 Å². The van der Waals surface area contributed by atoms with Crippen LogP contribution in [0.25, 0.3) is 11.4 Å². The number of rotatable bonds is 3. The van der Waals surface area contributed by atoms with E-state index in [4.69, 9.17) is 0 Å². The highest BCUT2D eigenvalue weighted by Gasteiger charge is 2.17. The van der Waals surface area contributed by atoms with Crippen molar-refractivity contribution >= 4 is 22.4 Å². The van der Waals surface area contributed by atoms with E-state index in [1.54, 1.807) is 26.2 Å². The fraction of sp³-hybridized carbons (Fsp3) is 0.125. The summed E-state index contributed by atoms with van der Waals surface area (Å²) < 4.78 is 13.0. The van der Waals surface area contributed by atoms with Crippen molar-refractivity contribution in [3.05, 3.63) is 59.1 Å². The molecule has 1 aromatic carbocycles. The van der Waals surface area contributed by atoms with Crippen LogP contribution < -0.4 is 4.90 Å². The van der Waals surface area contributed by atoms with Crippen molar-refractivity contribution in [2.45, 2.75) is 6.92 Å². The van der Waals surface area contributed by atoms with E-state index in [-0.39, 0.29) is 11.7 Å². The molecule has 0 atom stereocenters. The van der Waals surface area contributed by atoms with Crippen LogP contribution in [0.1, 0.15) is 16.2 Å². The van der Waals surface area contributed by atoms with Crippen molar-refractivity contribution in [2.75, 3.05) is 11.9 Å². The molecule has 2 aromatic heterocycles. The van der Waals surface area contributed by atoms with Crippen molar-refractivity contribution in [1.29, 1.82) is 0 Å². The Bertz CT molecular complexity index is 847. The Morgan fingerprint density at radius 3 is 2.57 bits per heavy atom. The molecule has 0 saturated carbocycles. The third-order valence-corrected chi connectivity index (χ3v) is 4.13. The van der Waals surface area contributed by atoms with Gasteiger partial charge in [-0.05, 0) is 37.3 Å². The van der Waals surface area contributed by atoms with Gasteiger partial charge in [0.05, 0.1) is 5.69 Å². The van der Waals surface area contributed by atoms with Gasteiger partial charge in [-0.1, -0.05) is 0 Å². The second kappa shape index (κ2) is 6.21. The highest BCUT2D eigenvalue weighted by atomic mass is 32.1. The number of carbonyl (C=O) groups excluding carboxylic acids is 1. The van der Waals surface area contributed by atoms with Crippen molar-refractivity contribution < 1.29 is 9.18 Å².